The lowest BCUT2D eigenvalue weighted by Gasteiger charge is -2.34. The Morgan fingerprint density at radius 2 is 1.63 bits per heavy atom. The number of amides is 2. The number of likely N-dealkylation sites (tertiary alicyclic amines) is 1. The highest BCUT2D eigenvalue weighted by atomic mass is 16.6. The zero-order valence-electron chi connectivity index (χ0n) is 25.0. The molecule has 3 heterocycles. The van der Waals surface area contributed by atoms with Crippen LogP contribution in [0, 0.1) is 0 Å². The number of aromatic nitrogens is 3. The summed E-state index contributed by atoms with van der Waals surface area (Å²) in [6.07, 6.45) is 6.88. The van der Waals surface area contributed by atoms with E-state index in [2.05, 4.69) is 9.72 Å². The summed E-state index contributed by atoms with van der Waals surface area (Å²) in [7, 11) is 0. The van der Waals surface area contributed by atoms with Gasteiger partial charge in [0.1, 0.15) is 17.0 Å². The van der Waals surface area contributed by atoms with Crippen molar-refractivity contribution in [3.05, 3.63) is 54.0 Å². The fraction of sp³-hybridized carbons (Fsp3) is 0.548. The van der Waals surface area contributed by atoms with E-state index in [1.165, 1.54) is 0 Å². The summed E-state index contributed by atoms with van der Waals surface area (Å²) in [5.74, 6) is 1.56. The number of imidazole rings is 1. The third kappa shape index (κ3) is 7.28. The van der Waals surface area contributed by atoms with E-state index >= 15 is 0 Å². The highest BCUT2D eigenvalue weighted by Crippen LogP contribution is 2.41. The summed E-state index contributed by atoms with van der Waals surface area (Å²) in [5, 5.41) is 3.59. The smallest absolute Gasteiger partial charge is 0.416 e. The Balaban J connectivity index is 1.44. The maximum absolute atomic E-state index is 13.6. The van der Waals surface area contributed by atoms with Gasteiger partial charge in [-0.1, -0.05) is 30.3 Å². The summed E-state index contributed by atoms with van der Waals surface area (Å²) >= 11 is 0. The third-order valence-electron chi connectivity index (χ3n) is 7.05. The Hall–Kier alpha value is -3.82. The van der Waals surface area contributed by atoms with Crippen LogP contribution in [0.25, 0.3) is 5.65 Å². The second-order valence-corrected chi connectivity index (χ2v) is 13.0. The van der Waals surface area contributed by atoms with Gasteiger partial charge < -0.3 is 19.7 Å². The zero-order chi connectivity index (χ0) is 29.4. The molecule has 3 aromatic rings. The first-order chi connectivity index (χ1) is 19.4. The third-order valence-corrected chi connectivity index (χ3v) is 7.05. The minimum absolute atomic E-state index is 0.114. The largest absolute Gasteiger partial charge is 0.444 e. The molecule has 10 heteroatoms. The van der Waals surface area contributed by atoms with E-state index in [0.717, 1.165) is 36.9 Å². The van der Waals surface area contributed by atoms with Crippen LogP contribution in [0.2, 0.25) is 0 Å². The standard InChI is InChI=1S/C31H42N6O4/c1-30(2,3)40-28(38)35-16-14-23(15-17-35)33-25-20-36-24(22-12-13-22)18-32-26(36)27(34-25)37(29(39)41-31(4,5)6)19-21-10-8-7-9-11-21/h7-11,18,20,22-23,33H,12-17,19H2,1-6H3. The highest BCUT2D eigenvalue weighted by Gasteiger charge is 2.32. The van der Waals surface area contributed by atoms with Crippen molar-refractivity contribution in [2.75, 3.05) is 23.3 Å². The van der Waals surface area contributed by atoms with Crippen LogP contribution in [0.15, 0.2) is 42.7 Å². The van der Waals surface area contributed by atoms with Crippen LogP contribution >= 0.6 is 0 Å². The fourth-order valence-corrected chi connectivity index (χ4v) is 4.97. The maximum Gasteiger partial charge on any atom is 0.416 e. The number of fused-ring (bicyclic) bond motifs is 1. The van der Waals surface area contributed by atoms with E-state index in [1.54, 1.807) is 9.80 Å². The Labute approximate surface area is 242 Å². The fourth-order valence-electron chi connectivity index (χ4n) is 4.97. The number of carbonyl (C=O) groups is 2. The molecule has 220 valence electrons. The molecule has 0 radical (unpaired) electrons. The van der Waals surface area contributed by atoms with Crippen molar-refractivity contribution in [3.63, 3.8) is 0 Å². The van der Waals surface area contributed by atoms with Crippen LogP contribution in [0.4, 0.5) is 21.2 Å². The molecule has 1 saturated carbocycles. The molecule has 5 rings (SSSR count). The quantitative estimate of drug-likeness (QED) is 0.373. The number of nitrogens with one attached hydrogen (secondary N) is 1. The topological polar surface area (TPSA) is 101 Å². The summed E-state index contributed by atoms with van der Waals surface area (Å²) in [4.78, 5) is 39.2. The van der Waals surface area contributed by atoms with E-state index in [4.69, 9.17) is 19.4 Å². The number of benzene rings is 1. The molecule has 1 aliphatic carbocycles. The second-order valence-electron chi connectivity index (χ2n) is 13.0. The van der Waals surface area contributed by atoms with Crippen molar-refractivity contribution in [3.8, 4) is 0 Å². The van der Waals surface area contributed by atoms with Gasteiger partial charge in [-0.2, -0.15) is 0 Å². The summed E-state index contributed by atoms with van der Waals surface area (Å²) in [6.45, 7) is 12.7. The monoisotopic (exact) mass is 562 g/mol. The number of piperidine rings is 1. The predicted molar refractivity (Wildman–Crippen MR) is 158 cm³/mol. The molecular weight excluding hydrogens is 520 g/mol. The average Bonchev–Trinajstić information content (AvgIpc) is 3.64. The van der Waals surface area contributed by atoms with E-state index in [1.807, 2.05) is 84.3 Å². The van der Waals surface area contributed by atoms with Gasteiger partial charge in [-0.15, -0.1) is 0 Å². The van der Waals surface area contributed by atoms with E-state index in [9.17, 15) is 9.59 Å². The lowest BCUT2D eigenvalue weighted by molar-refractivity contribution is 0.0210. The van der Waals surface area contributed by atoms with Crippen molar-refractivity contribution in [2.24, 2.45) is 0 Å². The summed E-state index contributed by atoms with van der Waals surface area (Å²) in [5.41, 5.74) is 1.51. The van der Waals surface area contributed by atoms with Crippen LogP contribution in [0.3, 0.4) is 0 Å². The number of hydrogen-bond donors (Lipinski definition) is 1. The molecule has 0 atom stereocenters. The molecule has 41 heavy (non-hydrogen) atoms. The van der Waals surface area contributed by atoms with Crippen molar-refractivity contribution in [1.82, 2.24) is 19.3 Å². The molecule has 2 amide bonds. The van der Waals surface area contributed by atoms with Crippen LogP contribution < -0.4 is 10.2 Å². The molecule has 1 N–H and O–H groups in total. The first-order valence-corrected chi connectivity index (χ1v) is 14.5. The van der Waals surface area contributed by atoms with Crippen molar-refractivity contribution in [1.29, 1.82) is 0 Å². The Bertz CT molecular complexity index is 1380. The van der Waals surface area contributed by atoms with Crippen molar-refractivity contribution in [2.45, 2.75) is 96.9 Å². The first kappa shape index (κ1) is 28.7. The SMILES string of the molecule is CC(C)(C)OC(=O)N1CCC(Nc2cn3c(C4CC4)cnc3c(N(Cc3ccccc3)C(=O)OC(C)(C)C)n2)CC1. The van der Waals surface area contributed by atoms with Gasteiger partial charge in [0.05, 0.1) is 12.7 Å². The number of nitrogens with zero attached hydrogens (tertiary/aromatic N) is 5. The van der Waals surface area contributed by atoms with Crippen LogP contribution in [0.5, 0.6) is 0 Å². The number of carbonyl (C=O) groups excluding carboxylic acids is 2. The Morgan fingerprint density at radius 3 is 2.24 bits per heavy atom. The number of rotatable bonds is 6. The van der Waals surface area contributed by atoms with Gasteiger partial charge in [-0.3, -0.25) is 9.30 Å². The van der Waals surface area contributed by atoms with Gasteiger partial charge in [0, 0.05) is 36.9 Å². The molecule has 0 bridgehead atoms. The van der Waals surface area contributed by atoms with Gasteiger partial charge in [0.2, 0.25) is 0 Å². The van der Waals surface area contributed by atoms with E-state index in [0.29, 0.717) is 42.8 Å². The number of anilines is 2. The van der Waals surface area contributed by atoms with Gasteiger partial charge in [-0.05, 0) is 72.8 Å². The van der Waals surface area contributed by atoms with Gasteiger partial charge in [0.15, 0.2) is 11.5 Å². The minimum atomic E-state index is -0.672. The Kier molecular flexibility index (Phi) is 7.85. The molecule has 2 fully saturated rings. The molecular formula is C31H42N6O4. The maximum atomic E-state index is 13.6. The van der Waals surface area contributed by atoms with Gasteiger partial charge in [-0.25, -0.2) is 19.6 Å². The van der Waals surface area contributed by atoms with Crippen LogP contribution in [-0.2, 0) is 16.0 Å². The molecule has 1 aliphatic heterocycles. The number of hydrogen-bond acceptors (Lipinski definition) is 7. The average molecular weight is 563 g/mol. The molecule has 2 aromatic heterocycles. The lowest BCUT2D eigenvalue weighted by Crippen LogP contribution is -2.44. The van der Waals surface area contributed by atoms with Gasteiger partial charge >= 0.3 is 12.2 Å². The summed E-state index contributed by atoms with van der Waals surface area (Å²) < 4.78 is 13.5. The molecule has 10 nitrogen and oxygen atoms in total. The molecule has 0 spiro atoms. The van der Waals surface area contributed by atoms with E-state index in [-0.39, 0.29) is 12.1 Å². The normalized spacial score (nSPS) is 16.5. The molecule has 2 aliphatic rings. The molecule has 1 aromatic carbocycles. The molecule has 1 saturated heterocycles. The molecule has 0 unspecified atom stereocenters. The second kappa shape index (κ2) is 11.2. The minimum Gasteiger partial charge on any atom is -0.444 e. The predicted octanol–water partition coefficient (Wildman–Crippen LogP) is 6.36. The van der Waals surface area contributed by atoms with Crippen LogP contribution in [0.1, 0.15) is 84.4 Å². The Morgan fingerprint density at radius 1 is 0.976 bits per heavy atom. The zero-order valence-corrected chi connectivity index (χ0v) is 25.0. The van der Waals surface area contributed by atoms with E-state index < -0.39 is 17.3 Å². The number of ether oxygens (including phenoxy) is 2. The first-order valence-electron chi connectivity index (χ1n) is 14.5. The summed E-state index contributed by atoms with van der Waals surface area (Å²) in [6, 6.07) is 9.94. The van der Waals surface area contributed by atoms with Crippen molar-refractivity contribution < 1.29 is 19.1 Å². The highest BCUT2D eigenvalue weighted by molar-refractivity contribution is 5.91. The van der Waals surface area contributed by atoms with Crippen LogP contribution in [-0.4, -0.2) is 61.8 Å². The van der Waals surface area contributed by atoms with Crippen molar-refractivity contribution >= 4 is 29.5 Å². The van der Waals surface area contributed by atoms with Gasteiger partial charge in [0.25, 0.3) is 0 Å². The lowest BCUT2D eigenvalue weighted by atomic mass is 10.1.